The Bertz CT molecular complexity index is 624. The fourth-order valence-electron chi connectivity index (χ4n) is 2.44. The molecule has 0 fully saturated rings. The molecule has 0 radical (unpaired) electrons. The average Bonchev–Trinajstić information content (AvgIpc) is 2.53. The number of ether oxygens (including phenoxy) is 1. The van der Waals surface area contributed by atoms with E-state index in [9.17, 15) is 0 Å². The maximum Gasteiger partial charge on any atom is 0.115 e. The highest BCUT2D eigenvalue weighted by molar-refractivity contribution is 5.73. The minimum Gasteiger partial charge on any atom is -0.496 e. The van der Waals surface area contributed by atoms with Crippen LogP contribution in [0.15, 0.2) is 42.3 Å². The molecule has 4 heteroatoms. The molecule has 0 spiro atoms. The van der Waals surface area contributed by atoms with Crippen LogP contribution in [0.25, 0.3) is 11.0 Å². The van der Waals surface area contributed by atoms with Gasteiger partial charge in [0.15, 0.2) is 0 Å². The molecule has 1 aliphatic heterocycles. The highest BCUT2D eigenvalue weighted by Crippen LogP contribution is 2.25. The Balaban J connectivity index is 1.97. The van der Waals surface area contributed by atoms with Gasteiger partial charge in [0, 0.05) is 0 Å². The van der Waals surface area contributed by atoms with Gasteiger partial charge in [0.05, 0.1) is 29.5 Å². The molecule has 1 atom stereocenters. The third-order valence-corrected chi connectivity index (χ3v) is 3.42. The molecule has 0 saturated carbocycles. The number of nitrogens with zero attached hydrogens (tertiary/aromatic N) is 2. The number of benzene rings is 1. The van der Waals surface area contributed by atoms with Gasteiger partial charge in [0.1, 0.15) is 11.8 Å². The number of aromatic nitrogens is 2. The van der Waals surface area contributed by atoms with Crippen molar-refractivity contribution in [3.63, 3.8) is 0 Å². The maximum absolute atomic E-state index is 5.79. The van der Waals surface area contributed by atoms with Gasteiger partial charge in [-0.3, -0.25) is 4.98 Å². The van der Waals surface area contributed by atoms with E-state index in [0.717, 1.165) is 48.5 Å². The van der Waals surface area contributed by atoms with Gasteiger partial charge >= 0.3 is 0 Å². The minimum atomic E-state index is -0.00240. The molecule has 0 amide bonds. The first-order chi connectivity index (χ1) is 9.88. The first-order valence-corrected chi connectivity index (χ1v) is 7.16. The SMILES string of the molecule is CCNC(C1=CCCCO1)c1cnc2ccccc2n1. The fraction of sp³-hybridized carbons (Fsp3) is 0.375. The number of para-hydroxylation sites is 2. The zero-order valence-electron chi connectivity index (χ0n) is 11.7. The molecule has 1 aromatic heterocycles. The van der Waals surface area contributed by atoms with Crippen molar-refractivity contribution in [3.05, 3.63) is 48.0 Å². The van der Waals surface area contributed by atoms with E-state index in [2.05, 4.69) is 23.3 Å². The smallest absolute Gasteiger partial charge is 0.115 e. The number of hydrogen-bond donors (Lipinski definition) is 1. The second kappa shape index (κ2) is 6.01. The summed E-state index contributed by atoms with van der Waals surface area (Å²) in [6.07, 6.45) is 6.16. The monoisotopic (exact) mass is 269 g/mol. The topological polar surface area (TPSA) is 47.0 Å². The minimum absolute atomic E-state index is 0.00240. The molecule has 1 unspecified atom stereocenters. The second-order valence-corrected chi connectivity index (χ2v) is 4.87. The van der Waals surface area contributed by atoms with Crippen molar-refractivity contribution in [2.24, 2.45) is 0 Å². The molecular weight excluding hydrogens is 250 g/mol. The summed E-state index contributed by atoms with van der Waals surface area (Å²) in [7, 11) is 0. The summed E-state index contributed by atoms with van der Waals surface area (Å²) in [5.74, 6) is 0.975. The lowest BCUT2D eigenvalue weighted by molar-refractivity contribution is 0.167. The van der Waals surface area contributed by atoms with Crippen molar-refractivity contribution >= 4 is 11.0 Å². The van der Waals surface area contributed by atoms with E-state index in [1.165, 1.54) is 0 Å². The van der Waals surface area contributed by atoms with Crippen LogP contribution in [-0.2, 0) is 4.74 Å². The number of likely N-dealkylation sites (N-methyl/N-ethyl adjacent to an activating group) is 1. The van der Waals surface area contributed by atoms with E-state index >= 15 is 0 Å². The van der Waals surface area contributed by atoms with Gasteiger partial charge in [0.25, 0.3) is 0 Å². The van der Waals surface area contributed by atoms with Gasteiger partial charge in [-0.2, -0.15) is 0 Å². The first-order valence-electron chi connectivity index (χ1n) is 7.16. The van der Waals surface area contributed by atoms with Crippen LogP contribution in [0, 0.1) is 0 Å². The largest absolute Gasteiger partial charge is 0.496 e. The van der Waals surface area contributed by atoms with E-state index < -0.39 is 0 Å². The van der Waals surface area contributed by atoms with Crippen LogP contribution in [0.5, 0.6) is 0 Å². The van der Waals surface area contributed by atoms with Crippen LogP contribution in [0.3, 0.4) is 0 Å². The van der Waals surface area contributed by atoms with Gasteiger partial charge in [-0.05, 0) is 37.6 Å². The Labute approximate surface area is 118 Å². The summed E-state index contributed by atoms with van der Waals surface area (Å²) in [6, 6.07) is 7.93. The van der Waals surface area contributed by atoms with Gasteiger partial charge < -0.3 is 10.1 Å². The van der Waals surface area contributed by atoms with Crippen LogP contribution < -0.4 is 5.32 Å². The molecule has 4 nitrogen and oxygen atoms in total. The van der Waals surface area contributed by atoms with Gasteiger partial charge in [0.2, 0.25) is 0 Å². The Morgan fingerprint density at radius 3 is 2.90 bits per heavy atom. The number of rotatable bonds is 4. The fourth-order valence-corrected chi connectivity index (χ4v) is 2.44. The lowest BCUT2D eigenvalue weighted by Crippen LogP contribution is -2.26. The molecule has 0 bridgehead atoms. The van der Waals surface area contributed by atoms with Crippen LogP contribution >= 0.6 is 0 Å². The summed E-state index contributed by atoms with van der Waals surface area (Å²) in [5, 5.41) is 3.44. The molecular formula is C16H19N3O. The Morgan fingerprint density at radius 1 is 1.30 bits per heavy atom. The molecule has 2 heterocycles. The summed E-state index contributed by atoms with van der Waals surface area (Å²) < 4.78 is 5.79. The highest BCUT2D eigenvalue weighted by atomic mass is 16.5. The summed E-state index contributed by atoms with van der Waals surface area (Å²) in [6.45, 7) is 3.74. The predicted octanol–water partition coefficient (Wildman–Crippen LogP) is 2.97. The summed E-state index contributed by atoms with van der Waals surface area (Å²) in [5.41, 5.74) is 2.76. The van der Waals surface area contributed by atoms with Crippen molar-refractivity contribution in [2.75, 3.05) is 13.2 Å². The maximum atomic E-state index is 5.79. The normalized spacial score (nSPS) is 16.6. The standard InChI is InChI=1S/C16H19N3O/c1-2-17-16(15-9-5-6-10-20-15)14-11-18-12-7-3-4-8-13(12)19-14/h3-4,7-9,11,16-17H,2,5-6,10H2,1H3. The first kappa shape index (κ1) is 13.1. The van der Waals surface area contributed by atoms with E-state index in [1.807, 2.05) is 30.5 Å². The quantitative estimate of drug-likeness (QED) is 0.927. The Morgan fingerprint density at radius 2 is 2.15 bits per heavy atom. The predicted molar refractivity (Wildman–Crippen MR) is 79.2 cm³/mol. The van der Waals surface area contributed by atoms with Crippen molar-refractivity contribution in [1.82, 2.24) is 15.3 Å². The molecule has 3 rings (SSSR count). The molecule has 2 aromatic rings. The van der Waals surface area contributed by atoms with Crippen molar-refractivity contribution in [1.29, 1.82) is 0 Å². The van der Waals surface area contributed by atoms with Crippen LogP contribution in [0.2, 0.25) is 0 Å². The van der Waals surface area contributed by atoms with E-state index in [4.69, 9.17) is 9.72 Å². The molecule has 20 heavy (non-hydrogen) atoms. The summed E-state index contributed by atoms with van der Waals surface area (Å²) >= 11 is 0. The van der Waals surface area contributed by atoms with Gasteiger partial charge in [-0.25, -0.2) is 4.98 Å². The van der Waals surface area contributed by atoms with Gasteiger partial charge in [-0.15, -0.1) is 0 Å². The molecule has 1 aliphatic rings. The number of allylic oxidation sites excluding steroid dienone is 1. The van der Waals surface area contributed by atoms with E-state index in [-0.39, 0.29) is 6.04 Å². The number of nitrogens with one attached hydrogen (secondary N) is 1. The van der Waals surface area contributed by atoms with E-state index in [0.29, 0.717) is 0 Å². The molecule has 0 aliphatic carbocycles. The zero-order chi connectivity index (χ0) is 13.8. The third kappa shape index (κ3) is 2.65. The van der Waals surface area contributed by atoms with E-state index in [1.54, 1.807) is 0 Å². The number of hydrogen-bond acceptors (Lipinski definition) is 4. The van der Waals surface area contributed by atoms with Crippen molar-refractivity contribution < 1.29 is 4.74 Å². The zero-order valence-corrected chi connectivity index (χ0v) is 11.7. The summed E-state index contributed by atoms with van der Waals surface area (Å²) in [4.78, 5) is 9.22. The molecule has 1 aromatic carbocycles. The molecule has 0 saturated heterocycles. The third-order valence-electron chi connectivity index (χ3n) is 3.42. The van der Waals surface area contributed by atoms with Crippen LogP contribution in [0.4, 0.5) is 0 Å². The lowest BCUT2D eigenvalue weighted by atomic mass is 10.1. The van der Waals surface area contributed by atoms with Crippen molar-refractivity contribution in [2.45, 2.75) is 25.8 Å². The molecule has 104 valence electrons. The molecule has 1 N–H and O–H groups in total. The van der Waals surface area contributed by atoms with Crippen molar-refractivity contribution in [3.8, 4) is 0 Å². The Kier molecular flexibility index (Phi) is 3.92. The highest BCUT2D eigenvalue weighted by Gasteiger charge is 2.21. The van der Waals surface area contributed by atoms with Crippen LogP contribution in [-0.4, -0.2) is 23.1 Å². The second-order valence-electron chi connectivity index (χ2n) is 4.87. The van der Waals surface area contributed by atoms with Crippen LogP contribution in [0.1, 0.15) is 31.5 Å². The average molecular weight is 269 g/mol. The number of fused-ring (bicyclic) bond motifs is 1. The Hall–Kier alpha value is -1.94. The van der Waals surface area contributed by atoms with Gasteiger partial charge in [-0.1, -0.05) is 19.1 Å². The lowest BCUT2D eigenvalue weighted by Gasteiger charge is -2.24.